The molecule has 0 atom stereocenters. The molecule has 4 rings (SSSR count). The van der Waals surface area contributed by atoms with E-state index in [-0.39, 0.29) is 5.78 Å². The third kappa shape index (κ3) is 10.6. The van der Waals surface area contributed by atoms with E-state index in [0.29, 0.717) is 0 Å². The average Bonchev–Trinajstić information content (AvgIpc) is 3.42. The van der Waals surface area contributed by atoms with Crippen LogP contribution in [0.2, 0.25) is 0 Å². The summed E-state index contributed by atoms with van der Waals surface area (Å²) in [6.45, 7) is 13.1. The normalized spacial score (nSPS) is 10.7. The van der Waals surface area contributed by atoms with Crippen LogP contribution in [-0.4, -0.2) is 50.1 Å². The van der Waals surface area contributed by atoms with Crippen LogP contribution < -0.4 is 5.32 Å². The topological polar surface area (TPSA) is 65.2 Å². The zero-order valence-corrected chi connectivity index (χ0v) is 26.8. The Morgan fingerprint density at radius 2 is 1.50 bits per heavy atom. The molecular weight excluding hydrogens is 518 g/mol. The van der Waals surface area contributed by atoms with Gasteiger partial charge in [0.25, 0.3) is 0 Å². The number of carbonyl (C=O) groups excluding carboxylic acids is 2. The van der Waals surface area contributed by atoms with Crippen LogP contribution in [0.5, 0.6) is 0 Å². The van der Waals surface area contributed by atoms with Gasteiger partial charge in [-0.15, -0.1) is 0 Å². The van der Waals surface area contributed by atoms with Crippen molar-refractivity contribution in [3.63, 3.8) is 0 Å². The summed E-state index contributed by atoms with van der Waals surface area (Å²) in [5, 5.41) is 4.07. The molecule has 5 nitrogen and oxygen atoms in total. The SMILES string of the molecule is C=O.CC.CCCCN(C)C.CN/C=C\C=C(/C)c1[nH]c2ccc(C(C)=O)cc2c1-c1ccc(-c2ccccc2)cc1. The number of nitrogens with zero attached hydrogens (tertiary/aromatic N) is 1. The van der Waals surface area contributed by atoms with Crippen LogP contribution >= 0.6 is 0 Å². The monoisotopic (exact) mass is 567 g/mol. The zero-order valence-electron chi connectivity index (χ0n) is 26.8. The van der Waals surface area contributed by atoms with Gasteiger partial charge in [0.2, 0.25) is 0 Å². The number of nitrogens with one attached hydrogen (secondary N) is 2. The van der Waals surface area contributed by atoms with Crippen molar-refractivity contribution in [2.24, 2.45) is 0 Å². The second kappa shape index (κ2) is 19.8. The lowest BCUT2D eigenvalue weighted by molar-refractivity contribution is -0.0980. The second-order valence-corrected chi connectivity index (χ2v) is 9.79. The Morgan fingerprint density at radius 3 is 2.02 bits per heavy atom. The summed E-state index contributed by atoms with van der Waals surface area (Å²) < 4.78 is 0. The molecule has 0 aliphatic heterocycles. The molecule has 0 aliphatic carbocycles. The molecule has 4 aromatic rings. The molecule has 0 aliphatic rings. The van der Waals surface area contributed by atoms with Gasteiger partial charge < -0.3 is 20.0 Å². The molecule has 0 amide bonds. The van der Waals surface area contributed by atoms with Gasteiger partial charge in [0.1, 0.15) is 6.79 Å². The van der Waals surface area contributed by atoms with Crippen molar-refractivity contribution in [2.75, 3.05) is 27.7 Å². The summed E-state index contributed by atoms with van der Waals surface area (Å²) >= 11 is 0. The minimum Gasteiger partial charge on any atom is -0.394 e. The number of carbonyl (C=O) groups is 2. The van der Waals surface area contributed by atoms with Gasteiger partial charge in [-0.2, -0.15) is 0 Å². The van der Waals surface area contributed by atoms with E-state index in [0.717, 1.165) is 38.9 Å². The van der Waals surface area contributed by atoms with Crippen LogP contribution in [0.4, 0.5) is 0 Å². The molecule has 0 saturated heterocycles. The highest BCUT2D eigenvalue weighted by Crippen LogP contribution is 2.37. The Morgan fingerprint density at radius 1 is 0.905 bits per heavy atom. The number of rotatable bonds is 9. The van der Waals surface area contributed by atoms with Crippen molar-refractivity contribution >= 4 is 29.0 Å². The summed E-state index contributed by atoms with van der Waals surface area (Å²) in [4.78, 5) is 25.8. The number of unbranched alkanes of at least 4 members (excludes halogenated alkanes) is 1. The average molecular weight is 568 g/mol. The van der Waals surface area contributed by atoms with Crippen LogP contribution in [0.1, 0.15) is 63.5 Å². The summed E-state index contributed by atoms with van der Waals surface area (Å²) in [6, 6.07) is 24.9. The quantitative estimate of drug-likeness (QED) is 0.156. The number of hydrogen-bond donors (Lipinski definition) is 2. The minimum absolute atomic E-state index is 0.0687. The van der Waals surface area contributed by atoms with Crippen molar-refractivity contribution < 1.29 is 9.59 Å². The molecule has 1 aromatic heterocycles. The van der Waals surface area contributed by atoms with Crippen molar-refractivity contribution in [1.29, 1.82) is 0 Å². The first-order valence-electron chi connectivity index (χ1n) is 14.6. The van der Waals surface area contributed by atoms with Crippen molar-refractivity contribution in [1.82, 2.24) is 15.2 Å². The van der Waals surface area contributed by atoms with Crippen LogP contribution in [-0.2, 0) is 4.79 Å². The van der Waals surface area contributed by atoms with Gasteiger partial charge in [0.15, 0.2) is 5.78 Å². The summed E-state index contributed by atoms with van der Waals surface area (Å²) in [5.74, 6) is 0.0687. The molecule has 5 heteroatoms. The van der Waals surface area contributed by atoms with Gasteiger partial charge in [-0.3, -0.25) is 4.79 Å². The number of benzene rings is 3. The van der Waals surface area contributed by atoms with Crippen LogP contribution in [0.25, 0.3) is 38.7 Å². The Bertz CT molecular complexity index is 1400. The van der Waals surface area contributed by atoms with Gasteiger partial charge in [-0.1, -0.05) is 87.9 Å². The minimum atomic E-state index is 0.0687. The fraction of sp³-hybridized carbons (Fsp3) is 0.297. The maximum absolute atomic E-state index is 12.0. The summed E-state index contributed by atoms with van der Waals surface area (Å²) in [7, 11) is 6.09. The van der Waals surface area contributed by atoms with E-state index in [2.05, 4.69) is 97.8 Å². The predicted octanol–water partition coefficient (Wildman–Crippen LogP) is 9.03. The van der Waals surface area contributed by atoms with E-state index < -0.39 is 0 Å². The fourth-order valence-corrected chi connectivity index (χ4v) is 4.31. The molecule has 0 unspecified atom stereocenters. The number of allylic oxidation sites excluding steroid dienone is 3. The van der Waals surface area contributed by atoms with Gasteiger partial charge in [0, 0.05) is 29.1 Å². The van der Waals surface area contributed by atoms with Crippen molar-refractivity contribution in [3.8, 4) is 22.3 Å². The number of aromatic nitrogens is 1. The van der Waals surface area contributed by atoms with Gasteiger partial charge in [-0.25, -0.2) is 0 Å². The Hall–Kier alpha value is -4.22. The fourth-order valence-electron chi connectivity index (χ4n) is 4.31. The van der Waals surface area contributed by atoms with E-state index in [1.165, 1.54) is 30.5 Å². The van der Waals surface area contributed by atoms with E-state index in [4.69, 9.17) is 4.79 Å². The molecule has 0 fully saturated rings. The number of Topliss-reactive ketones (excluding diaryl/α,β-unsaturated/α-hetero) is 1. The molecular formula is C37H49N3O2. The largest absolute Gasteiger partial charge is 0.394 e. The van der Waals surface area contributed by atoms with Gasteiger partial charge >= 0.3 is 0 Å². The molecule has 3 aromatic carbocycles. The second-order valence-electron chi connectivity index (χ2n) is 9.79. The van der Waals surface area contributed by atoms with E-state index >= 15 is 0 Å². The summed E-state index contributed by atoms with van der Waals surface area (Å²) in [6.07, 6.45) is 8.60. The van der Waals surface area contributed by atoms with Crippen molar-refractivity contribution in [2.45, 2.75) is 47.5 Å². The van der Waals surface area contributed by atoms with Crippen LogP contribution in [0.3, 0.4) is 0 Å². The number of fused-ring (bicyclic) bond motifs is 1. The van der Waals surface area contributed by atoms with Crippen molar-refractivity contribution in [3.05, 3.63) is 102 Å². The molecule has 0 saturated carbocycles. The number of ketones is 1. The third-order valence-corrected chi connectivity index (χ3v) is 6.45. The maximum Gasteiger partial charge on any atom is 0.159 e. The maximum atomic E-state index is 12.0. The standard InChI is InChI=1S/C28H26N2O.C6H15N.C2H6.CH2O/c1-19(8-7-17-29-3)28-27(25-18-24(20(2)31)15-16-26(25)30-28)23-13-11-22(12-14-23)21-9-5-4-6-10-21;1-4-5-6-7(2)3;2*1-2/h4-18,29-30H,1-3H3;4-6H2,1-3H3;1-2H3;1H2/b17-7-,19-8+;;;. The first-order chi connectivity index (χ1) is 20.3. The highest BCUT2D eigenvalue weighted by molar-refractivity contribution is 6.06. The Kier molecular flexibility index (Phi) is 16.9. The first kappa shape index (κ1) is 35.8. The molecule has 2 N–H and O–H groups in total. The highest BCUT2D eigenvalue weighted by Gasteiger charge is 2.16. The smallest absolute Gasteiger partial charge is 0.159 e. The van der Waals surface area contributed by atoms with Crippen LogP contribution in [0.15, 0.2) is 91.1 Å². The van der Waals surface area contributed by atoms with E-state index in [1.54, 1.807) is 6.92 Å². The van der Waals surface area contributed by atoms with Crippen LogP contribution in [0, 0.1) is 0 Å². The first-order valence-corrected chi connectivity index (χ1v) is 14.6. The molecule has 1 heterocycles. The molecule has 0 spiro atoms. The predicted molar refractivity (Wildman–Crippen MR) is 183 cm³/mol. The lowest BCUT2D eigenvalue weighted by atomic mass is 9.95. The summed E-state index contributed by atoms with van der Waals surface area (Å²) in [5.41, 5.74) is 8.53. The number of aromatic amines is 1. The number of hydrogen-bond acceptors (Lipinski definition) is 4. The zero-order chi connectivity index (χ0) is 31.5. The van der Waals surface area contributed by atoms with E-state index in [9.17, 15) is 4.79 Å². The van der Waals surface area contributed by atoms with E-state index in [1.807, 2.05) is 64.2 Å². The molecule has 224 valence electrons. The molecule has 42 heavy (non-hydrogen) atoms. The molecule has 0 radical (unpaired) electrons. The van der Waals surface area contributed by atoms with Gasteiger partial charge in [0.05, 0.1) is 5.69 Å². The number of H-pyrrole nitrogens is 1. The van der Waals surface area contributed by atoms with Gasteiger partial charge in [-0.05, 0) is 93.6 Å². The Balaban J connectivity index is 0.000000696. The third-order valence-electron chi connectivity index (χ3n) is 6.45. The highest BCUT2D eigenvalue weighted by atomic mass is 16.1. The lowest BCUT2D eigenvalue weighted by Gasteiger charge is -2.08. The Labute approximate surface area is 253 Å². The lowest BCUT2D eigenvalue weighted by Crippen LogP contribution is -2.12. The molecule has 0 bridgehead atoms.